The molecule has 0 saturated heterocycles. The molecule has 1 heterocycles. The monoisotopic (exact) mass is 407 g/mol. The molecule has 1 N–H and O–H groups in total. The summed E-state index contributed by atoms with van der Waals surface area (Å²) in [7, 11) is 0. The van der Waals surface area contributed by atoms with Crippen molar-refractivity contribution in [1.82, 2.24) is 5.32 Å². The van der Waals surface area contributed by atoms with Crippen LogP contribution in [0, 0.1) is 0 Å². The van der Waals surface area contributed by atoms with Crippen molar-refractivity contribution in [2.75, 3.05) is 0 Å². The Labute approximate surface area is 133 Å². The Morgan fingerprint density at radius 3 is 2.61 bits per heavy atom. The van der Waals surface area contributed by atoms with Crippen molar-refractivity contribution in [1.29, 1.82) is 0 Å². The van der Waals surface area contributed by atoms with E-state index in [0.717, 1.165) is 19.8 Å². The average Bonchev–Trinajstić information content (AvgIpc) is 2.77. The number of benzene rings is 1. The van der Waals surface area contributed by atoms with Gasteiger partial charge in [-0.15, -0.1) is 11.3 Å². The van der Waals surface area contributed by atoms with Crippen LogP contribution < -0.4 is 5.32 Å². The first-order valence-electron chi connectivity index (χ1n) is 5.49. The van der Waals surface area contributed by atoms with Crippen LogP contribution in [-0.2, 0) is 6.54 Å². The molecule has 1 aromatic heterocycles. The van der Waals surface area contributed by atoms with Crippen LogP contribution in [0.3, 0.4) is 0 Å². The molecule has 0 amide bonds. The summed E-state index contributed by atoms with van der Waals surface area (Å²) in [5.41, 5.74) is 1.25. The second-order valence-corrected chi connectivity index (χ2v) is 7.45. The van der Waals surface area contributed by atoms with E-state index >= 15 is 0 Å². The van der Waals surface area contributed by atoms with Gasteiger partial charge < -0.3 is 5.32 Å². The van der Waals surface area contributed by atoms with Crippen molar-refractivity contribution in [3.05, 3.63) is 54.1 Å². The summed E-state index contributed by atoms with van der Waals surface area (Å²) < 4.78 is 2.99. The molecule has 5 heteroatoms. The van der Waals surface area contributed by atoms with Crippen LogP contribution in [0.4, 0.5) is 0 Å². The summed E-state index contributed by atoms with van der Waals surface area (Å²) in [5, 5.41) is 3.49. The number of halogens is 3. The second kappa shape index (κ2) is 6.53. The van der Waals surface area contributed by atoms with Gasteiger partial charge in [0.15, 0.2) is 0 Å². The van der Waals surface area contributed by atoms with Crippen LogP contribution in [0.15, 0.2) is 39.3 Å². The summed E-state index contributed by atoms with van der Waals surface area (Å²) in [5.74, 6) is 0. The number of thiophene rings is 1. The Bertz CT molecular complexity index is 542. The lowest BCUT2D eigenvalue weighted by Crippen LogP contribution is -2.17. The fourth-order valence-electron chi connectivity index (χ4n) is 1.58. The minimum atomic E-state index is 0.310. The lowest BCUT2D eigenvalue weighted by atomic mass is 10.2. The van der Waals surface area contributed by atoms with Gasteiger partial charge in [0.05, 0.1) is 4.34 Å². The summed E-state index contributed by atoms with van der Waals surface area (Å²) >= 11 is 14.5. The molecule has 1 nitrogen and oxygen atoms in total. The highest BCUT2D eigenvalue weighted by Crippen LogP contribution is 2.27. The molecule has 0 fully saturated rings. The van der Waals surface area contributed by atoms with E-state index in [9.17, 15) is 0 Å². The van der Waals surface area contributed by atoms with Crippen molar-refractivity contribution in [2.24, 2.45) is 0 Å². The summed E-state index contributed by atoms with van der Waals surface area (Å²) in [6, 6.07) is 10.6. The van der Waals surface area contributed by atoms with Gasteiger partial charge in [-0.1, -0.05) is 17.7 Å². The van der Waals surface area contributed by atoms with E-state index in [1.54, 1.807) is 11.3 Å². The quantitative estimate of drug-likeness (QED) is 0.675. The topological polar surface area (TPSA) is 12.0 Å². The van der Waals surface area contributed by atoms with Crippen LogP contribution in [0.25, 0.3) is 0 Å². The normalized spacial score (nSPS) is 12.7. The van der Waals surface area contributed by atoms with Gasteiger partial charge in [0.1, 0.15) is 0 Å². The molecule has 2 aromatic rings. The van der Waals surface area contributed by atoms with Gasteiger partial charge in [0.2, 0.25) is 0 Å². The zero-order valence-corrected chi connectivity index (χ0v) is 14.5. The van der Waals surface area contributed by atoms with Crippen molar-refractivity contribution in [3.8, 4) is 0 Å². The van der Waals surface area contributed by atoms with Crippen molar-refractivity contribution < 1.29 is 0 Å². The minimum Gasteiger partial charge on any atom is -0.305 e. The molecule has 2 rings (SSSR count). The van der Waals surface area contributed by atoms with E-state index in [-0.39, 0.29) is 0 Å². The third-order valence-corrected chi connectivity index (χ3v) is 5.91. The zero-order chi connectivity index (χ0) is 13.1. The van der Waals surface area contributed by atoms with E-state index in [2.05, 4.69) is 62.3 Å². The molecule has 0 spiro atoms. The van der Waals surface area contributed by atoms with Gasteiger partial charge in [0, 0.05) is 26.4 Å². The Morgan fingerprint density at radius 1 is 1.22 bits per heavy atom. The zero-order valence-electron chi connectivity index (χ0n) is 9.71. The maximum Gasteiger partial charge on any atom is 0.0931 e. The molecule has 0 saturated carbocycles. The predicted molar refractivity (Wildman–Crippen MR) is 86.4 cm³/mol. The van der Waals surface area contributed by atoms with Crippen molar-refractivity contribution in [2.45, 2.75) is 19.5 Å². The number of hydrogen-bond donors (Lipinski definition) is 1. The summed E-state index contributed by atoms with van der Waals surface area (Å²) in [4.78, 5) is 1.26. The van der Waals surface area contributed by atoms with Crippen molar-refractivity contribution in [3.63, 3.8) is 0 Å². The Kier molecular flexibility index (Phi) is 5.27. The van der Waals surface area contributed by atoms with E-state index in [1.807, 2.05) is 12.1 Å². The largest absolute Gasteiger partial charge is 0.305 e. The molecular formula is C13H12Br2ClNS. The van der Waals surface area contributed by atoms with Gasteiger partial charge >= 0.3 is 0 Å². The molecule has 1 aromatic carbocycles. The first kappa shape index (κ1) is 14.5. The average molecular weight is 410 g/mol. The SMILES string of the molecule is CC(NCc1ccc(Br)c(Br)c1)c1ccc(Cl)s1. The standard InChI is InChI=1S/C13H12Br2ClNS/c1-8(12-4-5-13(16)18-12)17-7-9-2-3-10(14)11(15)6-9/h2-6,8,17H,7H2,1H3. The Balaban J connectivity index is 1.97. The highest BCUT2D eigenvalue weighted by molar-refractivity contribution is 9.13. The molecule has 0 aliphatic carbocycles. The molecule has 1 unspecified atom stereocenters. The first-order valence-corrected chi connectivity index (χ1v) is 8.27. The Hall–Kier alpha value is 0.130. The van der Waals surface area contributed by atoms with Crippen LogP contribution in [0.2, 0.25) is 4.34 Å². The maximum absolute atomic E-state index is 5.94. The molecular weight excluding hydrogens is 397 g/mol. The third kappa shape index (κ3) is 3.81. The van der Waals surface area contributed by atoms with Gasteiger partial charge in [0.25, 0.3) is 0 Å². The highest BCUT2D eigenvalue weighted by atomic mass is 79.9. The number of nitrogens with one attached hydrogen (secondary N) is 1. The van der Waals surface area contributed by atoms with Gasteiger partial charge in [-0.3, -0.25) is 0 Å². The molecule has 96 valence electrons. The van der Waals surface area contributed by atoms with Crippen LogP contribution >= 0.6 is 54.8 Å². The van der Waals surface area contributed by atoms with Crippen LogP contribution in [-0.4, -0.2) is 0 Å². The van der Waals surface area contributed by atoms with Gasteiger partial charge in [-0.25, -0.2) is 0 Å². The molecule has 18 heavy (non-hydrogen) atoms. The number of hydrogen-bond acceptors (Lipinski definition) is 2. The lowest BCUT2D eigenvalue weighted by Gasteiger charge is -2.12. The fraction of sp³-hybridized carbons (Fsp3) is 0.231. The van der Waals surface area contributed by atoms with Crippen molar-refractivity contribution >= 4 is 54.8 Å². The maximum atomic E-state index is 5.94. The smallest absolute Gasteiger partial charge is 0.0931 e. The fourth-order valence-corrected chi connectivity index (χ4v) is 3.34. The molecule has 0 radical (unpaired) electrons. The number of rotatable bonds is 4. The van der Waals surface area contributed by atoms with E-state index < -0.39 is 0 Å². The molecule has 0 aliphatic heterocycles. The van der Waals surface area contributed by atoms with Gasteiger partial charge in [-0.05, 0) is 68.6 Å². The van der Waals surface area contributed by atoms with Gasteiger partial charge in [-0.2, -0.15) is 0 Å². The Morgan fingerprint density at radius 2 is 2.00 bits per heavy atom. The highest BCUT2D eigenvalue weighted by Gasteiger charge is 2.08. The summed E-state index contributed by atoms with van der Waals surface area (Å²) in [6.45, 7) is 2.98. The first-order chi connectivity index (χ1) is 8.56. The minimum absolute atomic E-state index is 0.310. The molecule has 0 aliphatic rings. The molecule has 1 atom stereocenters. The van der Waals surface area contributed by atoms with E-state index in [4.69, 9.17) is 11.6 Å². The third-order valence-electron chi connectivity index (χ3n) is 2.62. The summed E-state index contributed by atoms with van der Waals surface area (Å²) in [6.07, 6.45) is 0. The second-order valence-electron chi connectivity index (χ2n) is 3.99. The van der Waals surface area contributed by atoms with E-state index in [1.165, 1.54) is 10.4 Å². The molecule has 0 bridgehead atoms. The van der Waals surface area contributed by atoms with Crippen LogP contribution in [0.5, 0.6) is 0 Å². The predicted octanol–water partition coefficient (Wildman–Crippen LogP) is 5.78. The van der Waals surface area contributed by atoms with E-state index in [0.29, 0.717) is 6.04 Å². The van der Waals surface area contributed by atoms with Crippen LogP contribution in [0.1, 0.15) is 23.4 Å². The lowest BCUT2D eigenvalue weighted by molar-refractivity contribution is 0.583.